The van der Waals surface area contributed by atoms with Crippen molar-refractivity contribution in [2.24, 2.45) is 0 Å². The first kappa shape index (κ1) is 19.6. The average molecular weight is 422 g/mol. The minimum atomic E-state index is -1.15. The average Bonchev–Trinajstić information content (AvgIpc) is 3.31. The van der Waals surface area contributed by atoms with E-state index in [4.69, 9.17) is 28.3 Å². The fraction of sp³-hybridized carbons (Fsp3) is 0.667. The lowest BCUT2D eigenvalue weighted by atomic mass is 9.96. The number of nitrogens with one attached hydrogen (secondary N) is 1. The first-order valence-electron chi connectivity index (χ1n) is 9.60. The standard InChI is InChI=1S/C18H22N4O8/c1-16(2)26-11-7-25-18(15(14(11)27-16)28-17(3,4)29-18)8-19-9-5-6-10(22(23)24)13-12(9)20-30-21-13/h5-6,11,14-15,19H,7-8H2,1-4H3/t11-,14-,15+,18+/m1/s1. The number of anilines is 1. The predicted molar refractivity (Wildman–Crippen MR) is 99.5 cm³/mol. The van der Waals surface area contributed by atoms with Crippen LogP contribution in [0.25, 0.3) is 11.0 Å². The second-order valence-electron chi connectivity index (χ2n) is 8.51. The Labute approximate surface area is 170 Å². The number of nitro benzene ring substituents is 1. The van der Waals surface area contributed by atoms with Gasteiger partial charge in [-0.2, -0.15) is 0 Å². The molecule has 162 valence electrons. The molecule has 5 rings (SSSR count). The van der Waals surface area contributed by atoms with Crippen LogP contribution in [-0.2, 0) is 23.7 Å². The first-order valence-corrected chi connectivity index (χ1v) is 9.60. The molecule has 0 amide bonds. The third-order valence-electron chi connectivity index (χ3n) is 5.39. The molecule has 1 aromatic heterocycles. The summed E-state index contributed by atoms with van der Waals surface area (Å²) in [4.78, 5) is 10.7. The maximum absolute atomic E-state index is 11.2. The molecule has 0 bridgehead atoms. The Kier molecular flexibility index (Phi) is 4.12. The number of fused-ring (bicyclic) bond motifs is 4. The number of non-ortho nitro benzene ring substituents is 1. The molecule has 0 radical (unpaired) electrons. The van der Waals surface area contributed by atoms with Crippen molar-refractivity contribution in [3.63, 3.8) is 0 Å². The van der Waals surface area contributed by atoms with Gasteiger partial charge in [0.2, 0.25) is 11.3 Å². The van der Waals surface area contributed by atoms with Gasteiger partial charge < -0.3 is 29.0 Å². The molecule has 3 saturated heterocycles. The molecule has 0 unspecified atom stereocenters. The van der Waals surface area contributed by atoms with Gasteiger partial charge >= 0.3 is 5.69 Å². The molecule has 4 atom stereocenters. The molecule has 3 aliphatic rings. The molecule has 0 aliphatic carbocycles. The van der Waals surface area contributed by atoms with E-state index in [1.54, 1.807) is 19.9 Å². The Bertz CT molecular complexity index is 1010. The molecule has 12 heteroatoms. The van der Waals surface area contributed by atoms with Crippen molar-refractivity contribution < 1.29 is 33.2 Å². The summed E-state index contributed by atoms with van der Waals surface area (Å²) in [7, 11) is 0. The third-order valence-corrected chi connectivity index (χ3v) is 5.39. The molecule has 0 spiro atoms. The van der Waals surface area contributed by atoms with Gasteiger partial charge in [-0.15, -0.1) is 0 Å². The van der Waals surface area contributed by atoms with E-state index in [0.29, 0.717) is 5.69 Å². The van der Waals surface area contributed by atoms with E-state index < -0.39 is 28.4 Å². The molecular formula is C18H22N4O8. The highest BCUT2D eigenvalue weighted by Gasteiger charge is 2.65. The molecule has 30 heavy (non-hydrogen) atoms. The lowest BCUT2D eigenvalue weighted by Crippen LogP contribution is -2.61. The van der Waals surface area contributed by atoms with Crippen molar-refractivity contribution >= 4 is 22.4 Å². The molecule has 1 aromatic carbocycles. The Hall–Kier alpha value is -2.38. The highest BCUT2D eigenvalue weighted by Crippen LogP contribution is 2.47. The van der Waals surface area contributed by atoms with E-state index in [-0.39, 0.29) is 42.1 Å². The van der Waals surface area contributed by atoms with Crippen LogP contribution in [0.3, 0.4) is 0 Å². The zero-order valence-corrected chi connectivity index (χ0v) is 16.9. The van der Waals surface area contributed by atoms with Gasteiger partial charge in [0, 0.05) is 6.07 Å². The molecule has 3 fully saturated rings. The number of benzene rings is 1. The van der Waals surface area contributed by atoms with Crippen LogP contribution in [0, 0.1) is 10.1 Å². The summed E-state index contributed by atoms with van der Waals surface area (Å²) in [5.74, 6) is -2.81. The first-order chi connectivity index (χ1) is 14.1. The second kappa shape index (κ2) is 6.31. The number of nitro groups is 1. The monoisotopic (exact) mass is 422 g/mol. The van der Waals surface area contributed by atoms with Crippen LogP contribution in [0.4, 0.5) is 11.4 Å². The van der Waals surface area contributed by atoms with Crippen LogP contribution in [-0.4, -0.2) is 64.1 Å². The molecule has 0 saturated carbocycles. The summed E-state index contributed by atoms with van der Waals surface area (Å²) in [6.45, 7) is 7.74. The van der Waals surface area contributed by atoms with Gasteiger partial charge in [0.1, 0.15) is 18.3 Å². The third kappa shape index (κ3) is 3.03. The topological polar surface area (TPSA) is 140 Å². The lowest BCUT2D eigenvalue weighted by molar-refractivity contribution is -0.383. The smallest absolute Gasteiger partial charge is 0.300 e. The summed E-state index contributed by atoms with van der Waals surface area (Å²) in [6.07, 6.45) is -1.20. The zero-order valence-electron chi connectivity index (χ0n) is 16.9. The van der Waals surface area contributed by atoms with Crippen LogP contribution in [0.2, 0.25) is 0 Å². The van der Waals surface area contributed by atoms with Gasteiger partial charge in [0.15, 0.2) is 17.1 Å². The van der Waals surface area contributed by atoms with Crippen LogP contribution in [0.15, 0.2) is 16.8 Å². The quantitative estimate of drug-likeness (QED) is 0.571. The number of aromatic nitrogens is 2. The van der Waals surface area contributed by atoms with Crippen LogP contribution in [0.1, 0.15) is 27.7 Å². The summed E-state index contributed by atoms with van der Waals surface area (Å²) in [5, 5.41) is 21.8. The lowest BCUT2D eigenvalue weighted by Gasteiger charge is -2.40. The van der Waals surface area contributed by atoms with Crippen molar-refractivity contribution in [2.45, 2.75) is 63.4 Å². The Morgan fingerprint density at radius 1 is 1.13 bits per heavy atom. The highest BCUT2D eigenvalue weighted by molar-refractivity contribution is 5.93. The van der Waals surface area contributed by atoms with Gasteiger partial charge in [0.05, 0.1) is 23.8 Å². The summed E-state index contributed by atoms with van der Waals surface area (Å²) in [5.41, 5.74) is 0.602. The number of nitrogens with zero attached hydrogens (tertiary/aromatic N) is 3. The molecule has 1 N–H and O–H groups in total. The summed E-state index contributed by atoms with van der Waals surface area (Å²) in [6, 6.07) is 2.88. The second-order valence-corrected chi connectivity index (χ2v) is 8.51. The van der Waals surface area contributed by atoms with Crippen molar-refractivity contribution in [3.8, 4) is 0 Å². The Balaban J connectivity index is 1.44. The number of rotatable bonds is 4. The van der Waals surface area contributed by atoms with Crippen molar-refractivity contribution in [1.82, 2.24) is 10.3 Å². The van der Waals surface area contributed by atoms with Gasteiger partial charge in [0.25, 0.3) is 0 Å². The van der Waals surface area contributed by atoms with Gasteiger partial charge in [-0.05, 0) is 44.1 Å². The SMILES string of the molecule is CC1(C)O[C@@H]2[C@@H](CO[C@@]3(CNc4ccc([N+](=O)[O-])c5nonc45)OC(C)(C)O[C@@H]23)O1. The van der Waals surface area contributed by atoms with Crippen LogP contribution >= 0.6 is 0 Å². The minimum absolute atomic E-state index is 0.0573. The number of ether oxygens (including phenoxy) is 5. The van der Waals surface area contributed by atoms with E-state index in [1.807, 2.05) is 13.8 Å². The van der Waals surface area contributed by atoms with Crippen LogP contribution < -0.4 is 5.32 Å². The van der Waals surface area contributed by atoms with Gasteiger partial charge in [-0.1, -0.05) is 0 Å². The molecular weight excluding hydrogens is 400 g/mol. The molecule has 4 heterocycles. The summed E-state index contributed by atoms with van der Waals surface area (Å²) < 4.78 is 35.2. The maximum Gasteiger partial charge on any atom is 0.300 e. The fourth-order valence-electron chi connectivity index (χ4n) is 4.34. The fourth-order valence-corrected chi connectivity index (χ4v) is 4.34. The molecule has 2 aromatic rings. The van der Waals surface area contributed by atoms with Crippen molar-refractivity contribution in [1.29, 1.82) is 0 Å². The van der Waals surface area contributed by atoms with E-state index in [1.165, 1.54) is 6.07 Å². The zero-order chi connectivity index (χ0) is 21.3. The van der Waals surface area contributed by atoms with Gasteiger partial charge in [-0.25, -0.2) is 4.63 Å². The van der Waals surface area contributed by atoms with E-state index in [0.717, 1.165) is 0 Å². The van der Waals surface area contributed by atoms with Crippen LogP contribution in [0.5, 0.6) is 0 Å². The number of hydrogen-bond donors (Lipinski definition) is 1. The Morgan fingerprint density at radius 3 is 2.67 bits per heavy atom. The van der Waals surface area contributed by atoms with Crippen molar-refractivity contribution in [3.05, 3.63) is 22.2 Å². The van der Waals surface area contributed by atoms with E-state index in [9.17, 15) is 10.1 Å². The largest absolute Gasteiger partial charge is 0.378 e. The summed E-state index contributed by atoms with van der Waals surface area (Å²) >= 11 is 0. The predicted octanol–water partition coefficient (Wildman–Crippen LogP) is 1.94. The Morgan fingerprint density at radius 2 is 1.90 bits per heavy atom. The van der Waals surface area contributed by atoms with Crippen molar-refractivity contribution in [2.75, 3.05) is 18.5 Å². The maximum atomic E-state index is 11.2. The highest BCUT2D eigenvalue weighted by atomic mass is 16.9. The normalized spacial score (nSPS) is 33.9. The molecule has 3 aliphatic heterocycles. The number of hydrogen-bond acceptors (Lipinski definition) is 11. The van der Waals surface area contributed by atoms with Gasteiger partial charge in [-0.3, -0.25) is 10.1 Å². The molecule has 12 nitrogen and oxygen atoms in total. The van der Waals surface area contributed by atoms with E-state index >= 15 is 0 Å². The minimum Gasteiger partial charge on any atom is -0.378 e. The van der Waals surface area contributed by atoms with E-state index in [2.05, 4.69) is 15.6 Å².